The van der Waals surface area contributed by atoms with Gasteiger partial charge in [0.25, 0.3) is 5.91 Å². The minimum atomic E-state index is -0.871. The molecular weight excluding hydrogens is 360 g/mol. The van der Waals surface area contributed by atoms with Crippen molar-refractivity contribution in [3.63, 3.8) is 0 Å². The predicted octanol–water partition coefficient (Wildman–Crippen LogP) is 2.25. The number of esters is 1. The molecule has 28 heavy (non-hydrogen) atoms. The van der Waals surface area contributed by atoms with Crippen molar-refractivity contribution in [2.75, 3.05) is 19.7 Å². The SMILES string of the molecule is CCC(C)OC(=O)CC1C(=O)NCCN1C(=O)COc1ccc(C(C)C)cc1. The van der Waals surface area contributed by atoms with Crippen LogP contribution >= 0.6 is 0 Å². The van der Waals surface area contributed by atoms with Gasteiger partial charge in [0.15, 0.2) is 6.61 Å². The van der Waals surface area contributed by atoms with Crippen LogP contribution in [0, 0.1) is 0 Å². The molecule has 1 aromatic carbocycles. The number of amides is 2. The van der Waals surface area contributed by atoms with Crippen LogP contribution in [0.3, 0.4) is 0 Å². The highest BCUT2D eigenvalue weighted by Crippen LogP contribution is 2.19. The molecule has 1 saturated heterocycles. The fourth-order valence-corrected chi connectivity index (χ4v) is 2.91. The molecule has 1 fully saturated rings. The summed E-state index contributed by atoms with van der Waals surface area (Å²) in [6.07, 6.45) is 0.306. The Bertz CT molecular complexity index is 687. The lowest BCUT2D eigenvalue weighted by Gasteiger charge is -2.34. The van der Waals surface area contributed by atoms with E-state index in [4.69, 9.17) is 9.47 Å². The second-order valence-corrected chi connectivity index (χ2v) is 7.32. The molecule has 0 saturated carbocycles. The molecule has 2 atom stereocenters. The van der Waals surface area contributed by atoms with Crippen molar-refractivity contribution in [1.82, 2.24) is 10.2 Å². The van der Waals surface area contributed by atoms with E-state index in [1.165, 1.54) is 10.5 Å². The second-order valence-electron chi connectivity index (χ2n) is 7.32. The fourth-order valence-electron chi connectivity index (χ4n) is 2.91. The summed E-state index contributed by atoms with van der Waals surface area (Å²) in [5.74, 6) is -0.157. The van der Waals surface area contributed by atoms with Crippen LogP contribution in [-0.4, -0.2) is 54.5 Å². The van der Waals surface area contributed by atoms with Gasteiger partial charge in [0.1, 0.15) is 11.8 Å². The summed E-state index contributed by atoms with van der Waals surface area (Å²) >= 11 is 0. The van der Waals surface area contributed by atoms with Crippen molar-refractivity contribution < 1.29 is 23.9 Å². The number of benzene rings is 1. The smallest absolute Gasteiger partial charge is 0.308 e. The van der Waals surface area contributed by atoms with E-state index in [-0.39, 0.29) is 30.9 Å². The van der Waals surface area contributed by atoms with E-state index >= 15 is 0 Å². The molecule has 1 N–H and O–H groups in total. The largest absolute Gasteiger partial charge is 0.484 e. The Balaban J connectivity index is 1.96. The monoisotopic (exact) mass is 390 g/mol. The summed E-state index contributed by atoms with van der Waals surface area (Å²) in [7, 11) is 0. The first-order chi connectivity index (χ1) is 13.3. The first-order valence-electron chi connectivity index (χ1n) is 9.81. The molecule has 2 unspecified atom stereocenters. The topological polar surface area (TPSA) is 84.9 Å². The summed E-state index contributed by atoms with van der Waals surface area (Å²) in [6.45, 7) is 8.41. The number of nitrogens with one attached hydrogen (secondary N) is 1. The third kappa shape index (κ3) is 5.97. The third-order valence-corrected chi connectivity index (χ3v) is 4.83. The Hall–Kier alpha value is -2.57. The Morgan fingerprint density at radius 1 is 1.21 bits per heavy atom. The van der Waals surface area contributed by atoms with E-state index in [0.29, 0.717) is 31.2 Å². The lowest BCUT2D eigenvalue weighted by Crippen LogP contribution is -2.58. The van der Waals surface area contributed by atoms with Gasteiger partial charge in [-0.15, -0.1) is 0 Å². The van der Waals surface area contributed by atoms with Gasteiger partial charge in [-0.25, -0.2) is 0 Å². The van der Waals surface area contributed by atoms with Gasteiger partial charge in [-0.05, 0) is 37.0 Å². The number of hydrogen-bond acceptors (Lipinski definition) is 5. The van der Waals surface area contributed by atoms with Crippen molar-refractivity contribution in [2.24, 2.45) is 0 Å². The zero-order chi connectivity index (χ0) is 20.7. The third-order valence-electron chi connectivity index (χ3n) is 4.83. The number of hydrogen-bond donors (Lipinski definition) is 1. The molecule has 0 aromatic heterocycles. The molecule has 1 aliphatic rings. The zero-order valence-electron chi connectivity index (χ0n) is 17.1. The van der Waals surface area contributed by atoms with Crippen LogP contribution in [0.15, 0.2) is 24.3 Å². The van der Waals surface area contributed by atoms with Crippen LogP contribution in [0.2, 0.25) is 0 Å². The summed E-state index contributed by atoms with van der Waals surface area (Å²) in [4.78, 5) is 38.3. The van der Waals surface area contributed by atoms with Gasteiger partial charge in [0.2, 0.25) is 5.91 Å². The molecule has 7 nitrogen and oxygen atoms in total. The maximum atomic E-state index is 12.6. The standard InChI is InChI=1S/C21H30N2O5/c1-5-15(4)28-20(25)12-18-21(26)22-10-11-23(18)19(24)13-27-17-8-6-16(7-9-17)14(2)3/h6-9,14-15,18H,5,10-13H2,1-4H3,(H,22,26). The average molecular weight is 390 g/mol. The maximum absolute atomic E-state index is 12.6. The molecule has 1 aromatic rings. The van der Waals surface area contributed by atoms with Gasteiger partial charge in [0, 0.05) is 13.1 Å². The van der Waals surface area contributed by atoms with Gasteiger partial charge in [-0.3, -0.25) is 14.4 Å². The predicted molar refractivity (Wildman–Crippen MR) is 105 cm³/mol. The Morgan fingerprint density at radius 3 is 2.50 bits per heavy atom. The molecule has 7 heteroatoms. The summed E-state index contributed by atoms with van der Waals surface area (Å²) in [5, 5.41) is 2.70. The zero-order valence-corrected chi connectivity index (χ0v) is 17.1. The molecule has 0 spiro atoms. The van der Waals surface area contributed by atoms with Crippen molar-refractivity contribution in [2.45, 2.75) is 58.6 Å². The molecule has 154 valence electrons. The molecule has 0 aliphatic carbocycles. The quantitative estimate of drug-likeness (QED) is 0.688. The van der Waals surface area contributed by atoms with Crippen molar-refractivity contribution in [3.05, 3.63) is 29.8 Å². The Kier molecular flexibility index (Phi) is 7.84. The maximum Gasteiger partial charge on any atom is 0.308 e. The van der Waals surface area contributed by atoms with E-state index in [9.17, 15) is 14.4 Å². The number of rotatable bonds is 8. The van der Waals surface area contributed by atoms with Crippen molar-refractivity contribution >= 4 is 17.8 Å². The molecule has 0 bridgehead atoms. The van der Waals surface area contributed by atoms with Crippen LogP contribution in [0.25, 0.3) is 0 Å². The van der Waals surface area contributed by atoms with Gasteiger partial charge in [-0.2, -0.15) is 0 Å². The van der Waals surface area contributed by atoms with Crippen LogP contribution < -0.4 is 10.1 Å². The normalized spacial score (nSPS) is 17.8. The second kappa shape index (κ2) is 10.1. The van der Waals surface area contributed by atoms with Crippen LogP contribution in [0.1, 0.15) is 52.0 Å². The molecule has 0 radical (unpaired) electrons. The molecule has 2 amide bonds. The number of ether oxygens (including phenoxy) is 2. The lowest BCUT2D eigenvalue weighted by molar-refractivity contribution is -0.155. The Morgan fingerprint density at radius 2 is 1.89 bits per heavy atom. The highest BCUT2D eigenvalue weighted by Gasteiger charge is 2.35. The van der Waals surface area contributed by atoms with Gasteiger partial charge in [0.05, 0.1) is 12.5 Å². The highest BCUT2D eigenvalue weighted by atomic mass is 16.5. The molecular formula is C21H30N2O5. The first kappa shape index (κ1) is 21.7. The molecule has 1 heterocycles. The fraction of sp³-hybridized carbons (Fsp3) is 0.571. The molecule has 2 rings (SSSR count). The van der Waals surface area contributed by atoms with Crippen molar-refractivity contribution in [1.29, 1.82) is 0 Å². The minimum absolute atomic E-state index is 0.162. The molecule has 1 aliphatic heterocycles. The first-order valence-corrected chi connectivity index (χ1v) is 9.81. The number of piperazine rings is 1. The van der Waals surface area contributed by atoms with Crippen LogP contribution in [0.5, 0.6) is 5.75 Å². The lowest BCUT2D eigenvalue weighted by atomic mass is 10.0. The van der Waals surface area contributed by atoms with Gasteiger partial charge in [-0.1, -0.05) is 32.9 Å². The average Bonchev–Trinajstić information content (AvgIpc) is 2.67. The van der Waals surface area contributed by atoms with Gasteiger partial charge < -0.3 is 19.7 Å². The Labute approximate surface area is 166 Å². The van der Waals surface area contributed by atoms with Gasteiger partial charge >= 0.3 is 5.97 Å². The van der Waals surface area contributed by atoms with Crippen LogP contribution in [-0.2, 0) is 19.1 Å². The van der Waals surface area contributed by atoms with E-state index < -0.39 is 12.0 Å². The van der Waals surface area contributed by atoms with E-state index in [1.807, 2.05) is 31.2 Å². The van der Waals surface area contributed by atoms with E-state index in [1.54, 1.807) is 6.92 Å². The highest BCUT2D eigenvalue weighted by molar-refractivity contribution is 5.92. The van der Waals surface area contributed by atoms with Crippen LogP contribution in [0.4, 0.5) is 0 Å². The van der Waals surface area contributed by atoms with E-state index in [0.717, 1.165) is 0 Å². The summed E-state index contributed by atoms with van der Waals surface area (Å²) < 4.78 is 10.8. The number of nitrogens with zero attached hydrogens (tertiary/aromatic N) is 1. The minimum Gasteiger partial charge on any atom is -0.484 e. The van der Waals surface area contributed by atoms with E-state index in [2.05, 4.69) is 19.2 Å². The summed E-state index contributed by atoms with van der Waals surface area (Å²) in [6, 6.07) is 6.71. The summed E-state index contributed by atoms with van der Waals surface area (Å²) in [5.41, 5.74) is 1.19. The number of carbonyl (C=O) groups excluding carboxylic acids is 3. The number of carbonyl (C=O) groups is 3. The van der Waals surface area contributed by atoms with Crippen molar-refractivity contribution in [3.8, 4) is 5.75 Å².